The van der Waals surface area contributed by atoms with Crippen molar-refractivity contribution in [3.05, 3.63) is 0 Å². The van der Waals surface area contributed by atoms with Crippen molar-refractivity contribution in [1.29, 1.82) is 0 Å². The molecule has 1 aliphatic heterocycles. The topological polar surface area (TPSA) is 44.5 Å². The molecule has 0 aliphatic carbocycles. The Morgan fingerprint density at radius 2 is 3.00 bits per heavy atom. The molecule has 1 saturated heterocycles. The highest BCUT2D eigenvalue weighted by atomic mass is 32.1. The summed E-state index contributed by atoms with van der Waals surface area (Å²) >= 11 is 4.55. The van der Waals surface area contributed by atoms with Crippen LogP contribution in [0, 0.1) is 0 Å². The molecule has 58 valence electrons. The van der Waals surface area contributed by atoms with Crippen LogP contribution in [0.25, 0.3) is 0 Å². The van der Waals surface area contributed by atoms with Gasteiger partial charge in [0.1, 0.15) is 6.10 Å². The van der Waals surface area contributed by atoms with Crippen molar-refractivity contribution in [3.8, 4) is 0 Å². The van der Waals surface area contributed by atoms with Crippen molar-refractivity contribution in [1.82, 2.24) is 0 Å². The standard InChI is InChI=1S/C6H11NO2S/c1-4-5(2-3-8-4)9-6(7)10/h4-5H,2-3H2,1H3,(H2,7,10)/t4-,5?/m1/s1/i1D,3T/t3-,4-,5?. The van der Waals surface area contributed by atoms with Gasteiger partial charge in [0.15, 0.2) is 0 Å². The zero-order valence-corrected chi connectivity index (χ0v) is 6.26. The summed E-state index contributed by atoms with van der Waals surface area (Å²) in [5.74, 6) is 0. The van der Waals surface area contributed by atoms with Crippen molar-refractivity contribution < 1.29 is 12.2 Å². The normalized spacial score (nSPS) is 42.2. The van der Waals surface area contributed by atoms with Crippen molar-refractivity contribution in [2.45, 2.75) is 25.5 Å². The van der Waals surface area contributed by atoms with E-state index in [4.69, 9.17) is 17.9 Å². The molecule has 4 heteroatoms. The Hall–Kier alpha value is -0.350. The van der Waals surface area contributed by atoms with Gasteiger partial charge < -0.3 is 15.2 Å². The Kier molecular flexibility index (Phi) is 1.68. The Bertz CT molecular complexity index is 181. The van der Waals surface area contributed by atoms with Crippen LogP contribution < -0.4 is 5.73 Å². The molecule has 0 amide bonds. The van der Waals surface area contributed by atoms with E-state index in [0.717, 1.165) is 0 Å². The third kappa shape index (κ3) is 1.82. The monoisotopic (exact) mass is 164 g/mol. The fourth-order valence-electron chi connectivity index (χ4n) is 0.787. The zero-order chi connectivity index (χ0) is 9.14. The molecule has 0 aromatic carbocycles. The Morgan fingerprint density at radius 1 is 2.20 bits per heavy atom. The summed E-state index contributed by atoms with van der Waals surface area (Å²) < 4.78 is 24.5. The first-order chi connectivity index (χ1) is 5.63. The quantitative estimate of drug-likeness (QED) is 0.571. The highest BCUT2D eigenvalue weighted by Gasteiger charge is 2.25. The first-order valence-corrected chi connectivity index (χ1v) is 3.37. The predicted octanol–water partition coefficient (Wildman–Crippen LogP) is 0.424. The molecule has 0 bridgehead atoms. The van der Waals surface area contributed by atoms with E-state index in [9.17, 15) is 0 Å². The van der Waals surface area contributed by atoms with Gasteiger partial charge in [0.05, 0.1) is 14.1 Å². The maximum atomic E-state index is 7.27. The number of hydrogen-bond acceptors (Lipinski definition) is 3. The van der Waals surface area contributed by atoms with Crippen molar-refractivity contribution in [3.63, 3.8) is 0 Å². The van der Waals surface area contributed by atoms with Crippen molar-refractivity contribution in [2.24, 2.45) is 5.73 Å². The summed E-state index contributed by atoms with van der Waals surface area (Å²) in [4.78, 5) is 0. The smallest absolute Gasteiger partial charge is 0.254 e. The van der Waals surface area contributed by atoms with Gasteiger partial charge in [-0.2, -0.15) is 0 Å². The van der Waals surface area contributed by atoms with Gasteiger partial charge in [-0.25, -0.2) is 0 Å². The van der Waals surface area contributed by atoms with Crippen molar-refractivity contribution in [2.75, 3.05) is 6.58 Å². The molecular formula is C6H11NO2S. The van der Waals surface area contributed by atoms with Crippen LogP contribution in [0.1, 0.15) is 16.1 Å². The van der Waals surface area contributed by atoms with Gasteiger partial charge >= 0.3 is 0 Å². The summed E-state index contributed by atoms with van der Waals surface area (Å²) in [5.41, 5.74) is 5.17. The maximum absolute atomic E-state index is 7.27. The lowest BCUT2D eigenvalue weighted by Crippen LogP contribution is -2.27. The molecule has 1 fully saturated rings. The van der Waals surface area contributed by atoms with Gasteiger partial charge in [-0.1, -0.05) is 0 Å². The van der Waals surface area contributed by atoms with E-state index < -0.39 is 6.58 Å². The molecule has 0 aromatic heterocycles. The number of rotatable bonds is 1. The lowest BCUT2D eigenvalue weighted by Gasteiger charge is -2.14. The van der Waals surface area contributed by atoms with Crippen LogP contribution >= 0.6 is 12.2 Å². The summed E-state index contributed by atoms with van der Waals surface area (Å²) in [7, 11) is 0. The van der Waals surface area contributed by atoms with Gasteiger partial charge in [-0.15, -0.1) is 0 Å². The van der Waals surface area contributed by atoms with Crippen LogP contribution in [0.15, 0.2) is 0 Å². The highest BCUT2D eigenvalue weighted by molar-refractivity contribution is 7.80. The molecule has 0 spiro atoms. The van der Waals surface area contributed by atoms with Gasteiger partial charge in [0.2, 0.25) is 0 Å². The number of ether oxygens (including phenoxy) is 2. The summed E-state index contributed by atoms with van der Waals surface area (Å²) in [5, 5.41) is -0.0452. The number of nitrogens with two attached hydrogens (primary N) is 1. The predicted molar refractivity (Wildman–Crippen MR) is 41.7 cm³/mol. The molecular weight excluding hydrogens is 150 g/mol. The average Bonchev–Trinajstić information content (AvgIpc) is 2.29. The molecule has 0 aromatic rings. The fourth-order valence-corrected chi connectivity index (χ4v) is 0.910. The molecule has 0 radical (unpaired) electrons. The second kappa shape index (κ2) is 3.16. The minimum atomic E-state index is -0.611. The van der Waals surface area contributed by atoms with Crippen LogP contribution in [-0.4, -0.2) is 24.0 Å². The third-order valence-corrected chi connectivity index (χ3v) is 1.38. The second-order valence-electron chi connectivity index (χ2n) is 2.05. The van der Waals surface area contributed by atoms with E-state index in [1.54, 1.807) is 0 Å². The molecule has 10 heavy (non-hydrogen) atoms. The minimum Gasteiger partial charge on any atom is -0.465 e. The van der Waals surface area contributed by atoms with Crippen LogP contribution in [0.4, 0.5) is 0 Å². The van der Waals surface area contributed by atoms with E-state index >= 15 is 0 Å². The van der Waals surface area contributed by atoms with Crippen LogP contribution in [0.2, 0.25) is 0 Å². The average molecular weight is 164 g/mol. The maximum Gasteiger partial charge on any atom is 0.254 e. The molecule has 1 aliphatic rings. The lowest BCUT2D eigenvalue weighted by atomic mass is 10.2. The summed E-state index contributed by atoms with van der Waals surface area (Å²) in [6.45, 7) is -0.539. The molecule has 1 rings (SSSR count). The molecule has 0 saturated carbocycles. The first-order valence-electron chi connectivity index (χ1n) is 4.25. The minimum absolute atomic E-state index is 0.0452. The Labute approximate surface area is 68.3 Å². The molecule has 1 heterocycles. The molecule has 1 unspecified atom stereocenters. The van der Waals surface area contributed by atoms with E-state index in [0.29, 0.717) is 6.42 Å². The molecule has 3 nitrogen and oxygen atoms in total. The summed E-state index contributed by atoms with van der Waals surface area (Å²) in [6, 6.07) is 0. The molecule has 3 atom stereocenters. The Morgan fingerprint density at radius 3 is 3.60 bits per heavy atom. The lowest BCUT2D eigenvalue weighted by molar-refractivity contribution is 0.0629. The van der Waals surface area contributed by atoms with E-state index in [1.165, 1.54) is 0 Å². The van der Waals surface area contributed by atoms with Crippen LogP contribution in [-0.2, 0) is 9.47 Å². The van der Waals surface area contributed by atoms with E-state index in [-0.39, 0.29) is 24.3 Å². The third-order valence-electron chi connectivity index (χ3n) is 1.28. The largest absolute Gasteiger partial charge is 0.465 e. The fraction of sp³-hybridized carbons (Fsp3) is 0.833. The molecule has 2 N–H and O–H groups in total. The van der Waals surface area contributed by atoms with Gasteiger partial charge in [-0.05, 0) is 19.1 Å². The Balaban J connectivity index is 2.46. The van der Waals surface area contributed by atoms with Gasteiger partial charge in [0, 0.05) is 7.79 Å². The SMILES string of the molecule is [2H]C[C@H]1O[C@H]([3H])CC1OC(N)=S. The zero-order valence-electron chi connectivity index (χ0n) is 7.45. The highest BCUT2D eigenvalue weighted by Crippen LogP contribution is 2.15. The summed E-state index contributed by atoms with van der Waals surface area (Å²) in [6.07, 6.45) is -0.252. The van der Waals surface area contributed by atoms with Crippen LogP contribution in [0.5, 0.6) is 0 Å². The first kappa shape index (κ1) is 5.32. The van der Waals surface area contributed by atoms with E-state index in [2.05, 4.69) is 12.2 Å². The van der Waals surface area contributed by atoms with Crippen LogP contribution in [0.3, 0.4) is 0 Å². The number of thiocarbonyl (C=S) groups is 1. The van der Waals surface area contributed by atoms with Gasteiger partial charge in [-0.3, -0.25) is 0 Å². The van der Waals surface area contributed by atoms with E-state index in [1.807, 2.05) is 0 Å². The second-order valence-corrected chi connectivity index (χ2v) is 2.45. The van der Waals surface area contributed by atoms with Gasteiger partial charge in [0.25, 0.3) is 5.17 Å². The van der Waals surface area contributed by atoms with Crippen molar-refractivity contribution >= 4 is 17.4 Å². The number of hydrogen-bond donors (Lipinski definition) is 1.